The Bertz CT molecular complexity index is 1110. The van der Waals surface area contributed by atoms with Crippen LogP contribution in [0.25, 0.3) is 29.6 Å². The number of Topliss-reactive ketones (excluding diaryl/α,β-unsaturated/α-hetero) is 1. The summed E-state index contributed by atoms with van der Waals surface area (Å²) in [5.74, 6) is 1.18. The zero-order chi connectivity index (χ0) is 18.2. The van der Waals surface area contributed by atoms with E-state index in [1.807, 2.05) is 28.7 Å². The number of thiophene rings is 2. The van der Waals surface area contributed by atoms with Gasteiger partial charge >= 0.3 is 0 Å². The second-order valence-corrected chi connectivity index (χ2v) is 9.99. The van der Waals surface area contributed by atoms with E-state index in [1.54, 1.807) is 0 Å². The maximum absolute atomic E-state index is 12.7. The van der Waals surface area contributed by atoms with E-state index in [9.17, 15) is 4.79 Å². The molecule has 1 aliphatic rings. The highest BCUT2D eigenvalue weighted by Crippen LogP contribution is 2.44. The quantitative estimate of drug-likeness (QED) is 0.313. The van der Waals surface area contributed by atoms with E-state index in [-0.39, 0.29) is 0 Å². The van der Waals surface area contributed by atoms with Crippen LogP contribution in [0.2, 0.25) is 0 Å². The molecule has 3 heteroatoms. The predicted octanol–water partition coefficient (Wildman–Crippen LogP) is 8.20. The molecule has 2 aromatic carbocycles. The van der Waals surface area contributed by atoms with Crippen molar-refractivity contribution < 1.29 is 4.79 Å². The lowest BCUT2D eigenvalue weighted by Gasteiger charge is -2.21. The molecule has 2 heterocycles. The van der Waals surface area contributed by atoms with E-state index in [0.29, 0.717) is 12.2 Å². The molecule has 0 radical (unpaired) electrons. The van der Waals surface area contributed by atoms with Gasteiger partial charge in [0.05, 0.1) is 9.40 Å². The Labute approximate surface area is 168 Å². The summed E-state index contributed by atoms with van der Waals surface area (Å²) in [6.07, 6.45) is 9.91. The molecule has 1 fully saturated rings. The van der Waals surface area contributed by atoms with Crippen molar-refractivity contribution in [2.24, 2.45) is 5.92 Å². The lowest BCUT2D eigenvalue weighted by molar-refractivity contribution is 0.0977. The van der Waals surface area contributed by atoms with Crippen molar-refractivity contribution in [1.29, 1.82) is 0 Å². The van der Waals surface area contributed by atoms with Crippen LogP contribution in [0.5, 0.6) is 0 Å². The molecule has 2 aromatic heterocycles. The highest BCUT2D eigenvalue weighted by atomic mass is 32.1. The minimum atomic E-state index is 0.314. The first kappa shape index (κ1) is 17.4. The second-order valence-electron chi connectivity index (χ2n) is 7.89. The van der Waals surface area contributed by atoms with E-state index in [0.717, 1.165) is 17.9 Å². The van der Waals surface area contributed by atoms with E-state index >= 15 is 0 Å². The van der Waals surface area contributed by atoms with Gasteiger partial charge in [-0.15, -0.1) is 22.7 Å². The topological polar surface area (TPSA) is 17.1 Å². The van der Waals surface area contributed by atoms with Crippen LogP contribution in [-0.2, 0) is 0 Å². The summed E-state index contributed by atoms with van der Waals surface area (Å²) in [6, 6.07) is 15.0. The van der Waals surface area contributed by atoms with Gasteiger partial charge in [0.15, 0.2) is 5.78 Å². The van der Waals surface area contributed by atoms with E-state index < -0.39 is 0 Å². The van der Waals surface area contributed by atoms with Crippen LogP contribution >= 0.6 is 22.7 Å². The fourth-order valence-electron chi connectivity index (χ4n) is 4.55. The fraction of sp³-hybridized carbons (Fsp3) is 0.375. The Morgan fingerprint density at radius 3 is 2.48 bits per heavy atom. The van der Waals surface area contributed by atoms with Gasteiger partial charge in [0, 0.05) is 32.2 Å². The Hall–Kier alpha value is -1.71. The number of ketones is 1. The first-order chi connectivity index (χ1) is 13.3. The zero-order valence-corrected chi connectivity index (χ0v) is 17.1. The van der Waals surface area contributed by atoms with Gasteiger partial charge < -0.3 is 0 Å². The van der Waals surface area contributed by atoms with Crippen LogP contribution in [0.4, 0.5) is 0 Å². The minimum absolute atomic E-state index is 0.314. The summed E-state index contributed by atoms with van der Waals surface area (Å²) in [5.41, 5.74) is 0.893. The summed E-state index contributed by atoms with van der Waals surface area (Å²) in [4.78, 5) is 12.7. The van der Waals surface area contributed by atoms with E-state index in [1.165, 1.54) is 68.1 Å². The third-order valence-corrected chi connectivity index (χ3v) is 8.57. The number of carbonyl (C=O) groups is 1. The molecule has 27 heavy (non-hydrogen) atoms. The molecule has 0 N–H and O–H groups in total. The number of hydrogen-bond donors (Lipinski definition) is 0. The van der Waals surface area contributed by atoms with Crippen molar-refractivity contribution in [2.75, 3.05) is 0 Å². The SMILES string of the molecule is O=C(CCCC1CCCCC1)c1ccc2c(c1)sc1c3ccccc3sc21. The summed E-state index contributed by atoms with van der Waals surface area (Å²) in [6.45, 7) is 0. The van der Waals surface area contributed by atoms with Crippen LogP contribution in [0.3, 0.4) is 0 Å². The lowest BCUT2D eigenvalue weighted by Crippen LogP contribution is -2.07. The van der Waals surface area contributed by atoms with Gasteiger partial charge in [0.25, 0.3) is 0 Å². The largest absolute Gasteiger partial charge is 0.294 e. The number of fused-ring (bicyclic) bond motifs is 5. The molecule has 0 unspecified atom stereocenters. The molecule has 138 valence electrons. The summed E-state index contributed by atoms with van der Waals surface area (Å²) >= 11 is 3.70. The van der Waals surface area contributed by atoms with E-state index in [2.05, 4.69) is 36.4 Å². The normalized spacial score (nSPS) is 15.9. The van der Waals surface area contributed by atoms with Crippen LogP contribution in [0.15, 0.2) is 42.5 Å². The molecule has 0 amide bonds. The highest BCUT2D eigenvalue weighted by Gasteiger charge is 2.16. The average Bonchev–Trinajstić information content (AvgIpc) is 3.24. The molecular formula is C24H24OS2. The molecule has 0 spiro atoms. The van der Waals surface area contributed by atoms with Crippen molar-refractivity contribution in [1.82, 2.24) is 0 Å². The Morgan fingerprint density at radius 1 is 0.889 bits per heavy atom. The van der Waals surface area contributed by atoms with Crippen molar-refractivity contribution in [2.45, 2.75) is 51.4 Å². The second kappa shape index (κ2) is 7.37. The fourth-order valence-corrected chi connectivity index (χ4v) is 7.24. The number of carbonyl (C=O) groups excluding carboxylic acids is 1. The van der Waals surface area contributed by atoms with Crippen LogP contribution < -0.4 is 0 Å². The third-order valence-electron chi connectivity index (χ3n) is 6.05. The summed E-state index contributed by atoms with van der Waals surface area (Å²) < 4.78 is 5.34. The standard InChI is InChI=1S/C24H24OS2/c25-20(11-6-9-16-7-2-1-3-8-16)17-13-14-19-22(15-17)27-23-18-10-4-5-12-21(18)26-24(19)23/h4-5,10,12-16H,1-3,6-9,11H2. The maximum Gasteiger partial charge on any atom is 0.162 e. The van der Waals surface area contributed by atoms with Gasteiger partial charge in [-0.1, -0.05) is 68.9 Å². The number of rotatable bonds is 5. The number of benzene rings is 2. The first-order valence-electron chi connectivity index (χ1n) is 10.2. The Balaban J connectivity index is 1.35. The van der Waals surface area contributed by atoms with Gasteiger partial charge in [-0.05, 0) is 24.5 Å². The Morgan fingerprint density at radius 2 is 1.63 bits per heavy atom. The van der Waals surface area contributed by atoms with Crippen molar-refractivity contribution in [3.05, 3.63) is 48.0 Å². The van der Waals surface area contributed by atoms with Crippen molar-refractivity contribution in [3.8, 4) is 0 Å². The smallest absolute Gasteiger partial charge is 0.162 e. The summed E-state index contributed by atoms with van der Waals surface area (Å²) in [5, 5.41) is 2.65. The minimum Gasteiger partial charge on any atom is -0.294 e. The van der Waals surface area contributed by atoms with Crippen molar-refractivity contribution in [3.63, 3.8) is 0 Å². The van der Waals surface area contributed by atoms with Gasteiger partial charge in [0.2, 0.25) is 0 Å². The maximum atomic E-state index is 12.7. The zero-order valence-electron chi connectivity index (χ0n) is 15.5. The van der Waals surface area contributed by atoms with Crippen LogP contribution in [0.1, 0.15) is 61.7 Å². The van der Waals surface area contributed by atoms with Crippen molar-refractivity contribution >= 4 is 58.0 Å². The third kappa shape index (κ3) is 3.32. The van der Waals surface area contributed by atoms with E-state index in [4.69, 9.17) is 0 Å². The molecule has 1 aliphatic carbocycles. The molecular weight excluding hydrogens is 368 g/mol. The molecule has 1 saturated carbocycles. The molecule has 0 saturated heterocycles. The lowest BCUT2D eigenvalue weighted by atomic mass is 9.85. The molecule has 0 aliphatic heterocycles. The average molecular weight is 393 g/mol. The molecule has 5 rings (SSSR count). The molecule has 1 nitrogen and oxygen atoms in total. The summed E-state index contributed by atoms with van der Waals surface area (Å²) in [7, 11) is 0. The molecule has 4 aromatic rings. The van der Waals surface area contributed by atoms with Gasteiger partial charge in [-0.3, -0.25) is 4.79 Å². The molecule has 0 bridgehead atoms. The molecule has 0 atom stereocenters. The van der Waals surface area contributed by atoms with Crippen LogP contribution in [-0.4, -0.2) is 5.78 Å². The highest BCUT2D eigenvalue weighted by molar-refractivity contribution is 7.36. The number of hydrogen-bond acceptors (Lipinski definition) is 3. The first-order valence-corrected chi connectivity index (χ1v) is 11.8. The van der Waals surface area contributed by atoms with Gasteiger partial charge in [-0.25, -0.2) is 0 Å². The van der Waals surface area contributed by atoms with Crippen LogP contribution in [0, 0.1) is 5.92 Å². The Kier molecular flexibility index (Phi) is 4.75. The van der Waals surface area contributed by atoms with Gasteiger partial charge in [0.1, 0.15) is 0 Å². The monoisotopic (exact) mass is 392 g/mol. The van der Waals surface area contributed by atoms with Gasteiger partial charge in [-0.2, -0.15) is 0 Å². The predicted molar refractivity (Wildman–Crippen MR) is 119 cm³/mol.